The third-order valence-corrected chi connectivity index (χ3v) is 3.52. The first-order chi connectivity index (χ1) is 8.79. The summed E-state index contributed by atoms with van der Waals surface area (Å²) in [4.78, 5) is 12.1. The van der Waals surface area contributed by atoms with Crippen molar-refractivity contribution in [2.45, 2.75) is 25.7 Å². The number of nitrogens with two attached hydrogens (primary N) is 1. The van der Waals surface area contributed by atoms with E-state index in [0.717, 1.165) is 38.0 Å². The summed E-state index contributed by atoms with van der Waals surface area (Å²) in [6, 6.07) is 7.85. The molecule has 1 aromatic rings. The molecule has 3 heteroatoms. The highest BCUT2D eigenvalue weighted by molar-refractivity contribution is 5.96. The minimum Gasteiger partial charge on any atom is -0.381 e. The van der Waals surface area contributed by atoms with E-state index in [-0.39, 0.29) is 5.78 Å². The van der Waals surface area contributed by atoms with Crippen molar-refractivity contribution in [3.8, 4) is 0 Å². The second-order valence-corrected chi connectivity index (χ2v) is 4.92. The molecule has 18 heavy (non-hydrogen) atoms. The van der Waals surface area contributed by atoms with Crippen molar-refractivity contribution in [1.29, 1.82) is 0 Å². The summed E-state index contributed by atoms with van der Waals surface area (Å²) in [6.07, 6.45) is 3.54. The molecule has 0 aromatic heterocycles. The Morgan fingerprint density at radius 3 is 2.50 bits per heavy atom. The SMILES string of the molecule is NCCc1ccc(C(=O)CC2CCOCC2)cc1. The van der Waals surface area contributed by atoms with Gasteiger partial charge >= 0.3 is 0 Å². The molecule has 0 atom stereocenters. The van der Waals surface area contributed by atoms with Crippen LogP contribution >= 0.6 is 0 Å². The van der Waals surface area contributed by atoms with Gasteiger partial charge in [-0.25, -0.2) is 0 Å². The van der Waals surface area contributed by atoms with E-state index < -0.39 is 0 Å². The van der Waals surface area contributed by atoms with Crippen LogP contribution in [0.2, 0.25) is 0 Å². The van der Waals surface area contributed by atoms with Gasteiger partial charge in [-0.15, -0.1) is 0 Å². The van der Waals surface area contributed by atoms with E-state index in [9.17, 15) is 4.79 Å². The molecule has 0 aliphatic carbocycles. The van der Waals surface area contributed by atoms with Gasteiger partial charge in [0.1, 0.15) is 0 Å². The van der Waals surface area contributed by atoms with Crippen LogP contribution in [0.15, 0.2) is 24.3 Å². The van der Waals surface area contributed by atoms with Crippen molar-refractivity contribution < 1.29 is 9.53 Å². The zero-order valence-corrected chi connectivity index (χ0v) is 10.7. The normalized spacial score (nSPS) is 16.7. The summed E-state index contributed by atoms with van der Waals surface area (Å²) in [5.74, 6) is 0.746. The van der Waals surface area contributed by atoms with Crippen molar-refractivity contribution >= 4 is 5.78 Å². The van der Waals surface area contributed by atoms with Gasteiger partial charge in [-0.2, -0.15) is 0 Å². The van der Waals surface area contributed by atoms with Crippen LogP contribution in [0, 0.1) is 5.92 Å². The molecule has 0 radical (unpaired) electrons. The lowest BCUT2D eigenvalue weighted by Crippen LogP contribution is -2.18. The van der Waals surface area contributed by atoms with E-state index in [2.05, 4.69) is 0 Å². The van der Waals surface area contributed by atoms with Gasteiger partial charge in [-0.05, 0) is 37.3 Å². The summed E-state index contributed by atoms with van der Waals surface area (Å²) in [6.45, 7) is 2.25. The number of rotatable bonds is 5. The van der Waals surface area contributed by atoms with Gasteiger partial charge in [0.05, 0.1) is 0 Å². The maximum atomic E-state index is 12.1. The molecule has 2 rings (SSSR count). The molecular formula is C15H21NO2. The number of carbonyl (C=O) groups excluding carboxylic acids is 1. The molecule has 98 valence electrons. The second kappa shape index (κ2) is 6.66. The predicted molar refractivity (Wildman–Crippen MR) is 71.7 cm³/mol. The fourth-order valence-corrected chi connectivity index (χ4v) is 2.35. The molecular weight excluding hydrogens is 226 g/mol. The molecule has 2 N–H and O–H groups in total. The molecule has 1 aliphatic heterocycles. The van der Waals surface area contributed by atoms with E-state index in [1.54, 1.807) is 0 Å². The number of Topliss-reactive ketones (excluding diaryl/α,β-unsaturated/α-hetero) is 1. The van der Waals surface area contributed by atoms with Gasteiger partial charge in [0.15, 0.2) is 5.78 Å². The molecule has 1 heterocycles. The minimum absolute atomic E-state index is 0.251. The van der Waals surface area contributed by atoms with Gasteiger partial charge in [0.2, 0.25) is 0 Å². The molecule has 0 unspecified atom stereocenters. The quantitative estimate of drug-likeness (QED) is 0.811. The standard InChI is InChI=1S/C15H21NO2/c16-8-5-12-1-3-14(4-2-12)15(17)11-13-6-9-18-10-7-13/h1-4,13H,5-11,16H2. The molecule has 0 bridgehead atoms. The van der Waals surface area contributed by atoms with Crippen LogP contribution in [-0.4, -0.2) is 25.5 Å². The Kier molecular flexibility index (Phi) is 4.90. The summed E-state index contributed by atoms with van der Waals surface area (Å²) in [5, 5.41) is 0. The fourth-order valence-electron chi connectivity index (χ4n) is 2.35. The third kappa shape index (κ3) is 3.65. The lowest BCUT2D eigenvalue weighted by atomic mass is 9.92. The van der Waals surface area contributed by atoms with Gasteiger partial charge in [-0.3, -0.25) is 4.79 Å². The largest absolute Gasteiger partial charge is 0.381 e. The van der Waals surface area contributed by atoms with Crippen LogP contribution < -0.4 is 5.73 Å². The zero-order chi connectivity index (χ0) is 12.8. The first-order valence-corrected chi connectivity index (χ1v) is 6.69. The fraction of sp³-hybridized carbons (Fsp3) is 0.533. The summed E-state index contributed by atoms with van der Waals surface area (Å²) in [7, 11) is 0. The Morgan fingerprint density at radius 1 is 1.22 bits per heavy atom. The van der Waals surface area contributed by atoms with Crippen LogP contribution in [0.5, 0.6) is 0 Å². The Bertz CT molecular complexity index is 380. The maximum absolute atomic E-state index is 12.1. The van der Waals surface area contributed by atoms with Crippen molar-refractivity contribution in [3.05, 3.63) is 35.4 Å². The Morgan fingerprint density at radius 2 is 1.89 bits per heavy atom. The summed E-state index contributed by atoms with van der Waals surface area (Å²) in [5.41, 5.74) is 7.52. The Hall–Kier alpha value is -1.19. The van der Waals surface area contributed by atoms with E-state index in [0.29, 0.717) is 18.9 Å². The van der Waals surface area contributed by atoms with Crippen molar-refractivity contribution in [2.75, 3.05) is 19.8 Å². The molecule has 0 amide bonds. The molecule has 3 nitrogen and oxygen atoms in total. The van der Waals surface area contributed by atoms with Crippen molar-refractivity contribution in [3.63, 3.8) is 0 Å². The average Bonchev–Trinajstić information content (AvgIpc) is 2.41. The van der Waals surface area contributed by atoms with Gasteiger partial charge in [0, 0.05) is 25.2 Å². The highest BCUT2D eigenvalue weighted by Gasteiger charge is 2.18. The van der Waals surface area contributed by atoms with Crippen molar-refractivity contribution in [2.24, 2.45) is 11.7 Å². The first-order valence-electron chi connectivity index (χ1n) is 6.69. The van der Waals surface area contributed by atoms with Crippen LogP contribution in [0.3, 0.4) is 0 Å². The van der Waals surface area contributed by atoms with Gasteiger partial charge in [-0.1, -0.05) is 24.3 Å². The average molecular weight is 247 g/mol. The summed E-state index contributed by atoms with van der Waals surface area (Å²) >= 11 is 0. The molecule has 1 aromatic carbocycles. The van der Waals surface area contributed by atoms with Crippen LogP contribution in [0.4, 0.5) is 0 Å². The highest BCUT2D eigenvalue weighted by atomic mass is 16.5. The Balaban J connectivity index is 1.91. The molecule has 1 fully saturated rings. The topological polar surface area (TPSA) is 52.3 Å². The molecule has 0 saturated carbocycles. The van der Waals surface area contributed by atoms with E-state index in [1.165, 1.54) is 5.56 Å². The second-order valence-electron chi connectivity index (χ2n) is 4.92. The zero-order valence-electron chi connectivity index (χ0n) is 10.7. The van der Waals surface area contributed by atoms with Crippen LogP contribution in [-0.2, 0) is 11.2 Å². The van der Waals surface area contributed by atoms with Crippen molar-refractivity contribution in [1.82, 2.24) is 0 Å². The maximum Gasteiger partial charge on any atom is 0.163 e. The number of ether oxygens (including phenoxy) is 1. The molecule has 0 spiro atoms. The number of hydrogen-bond acceptors (Lipinski definition) is 3. The molecule has 1 aliphatic rings. The number of hydrogen-bond donors (Lipinski definition) is 1. The lowest BCUT2D eigenvalue weighted by molar-refractivity contribution is 0.0601. The minimum atomic E-state index is 0.251. The van der Waals surface area contributed by atoms with Gasteiger partial charge < -0.3 is 10.5 Å². The van der Waals surface area contributed by atoms with Gasteiger partial charge in [0.25, 0.3) is 0 Å². The smallest absolute Gasteiger partial charge is 0.163 e. The summed E-state index contributed by atoms with van der Waals surface area (Å²) < 4.78 is 5.31. The number of benzene rings is 1. The number of ketones is 1. The predicted octanol–water partition coefficient (Wildman–Crippen LogP) is 2.19. The molecule has 1 saturated heterocycles. The Labute approximate surface area is 108 Å². The van der Waals surface area contributed by atoms with Crippen LogP contribution in [0.1, 0.15) is 35.2 Å². The first kappa shape index (κ1) is 13.2. The van der Waals surface area contributed by atoms with E-state index in [4.69, 9.17) is 10.5 Å². The van der Waals surface area contributed by atoms with Crippen LogP contribution in [0.25, 0.3) is 0 Å². The van der Waals surface area contributed by atoms with E-state index in [1.807, 2.05) is 24.3 Å². The third-order valence-electron chi connectivity index (χ3n) is 3.52. The van der Waals surface area contributed by atoms with E-state index >= 15 is 0 Å². The number of carbonyl (C=O) groups is 1. The lowest BCUT2D eigenvalue weighted by Gasteiger charge is -2.21. The highest BCUT2D eigenvalue weighted by Crippen LogP contribution is 2.21. The monoisotopic (exact) mass is 247 g/mol.